The molecular weight excluding hydrogens is 300 g/mol. The number of carboxylic acids is 1. The van der Waals surface area contributed by atoms with Crippen LogP contribution in [0, 0.1) is 13.8 Å². The van der Waals surface area contributed by atoms with E-state index in [0.29, 0.717) is 6.42 Å². The summed E-state index contributed by atoms with van der Waals surface area (Å²) in [5, 5.41) is 14.0. The lowest BCUT2D eigenvalue weighted by atomic mass is 9.93. The highest BCUT2D eigenvalue weighted by molar-refractivity contribution is 5.76. The first kappa shape index (κ1) is 16.0. The third kappa shape index (κ3) is 3.38. The SMILES string of the molecule is Cc1ccc(-n2nccc2CC(C(=O)O)c2cccc(C)c2)cc1. The Hall–Kier alpha value is -2.88. The predicted octanol–water partition coefficient (Wildman–Crippen LogP) is 3.90. The van der Waals surface area contributed by atoms with Crippen LogP contribution in [0.3, 0.4) is 0 Å². The van der Waals surface area contributed by atoms with Gasteiger partial charge in [0.15, 0.2) is 0 Å². The van der Waals surface area contributed by atoms with Crippen molar-refractivity contribution in [1.29, 1.82) is 0 Å². The van der Waals surface area contributed by atoms with Gasteiger partial charge in [0.2, 0.25) is 0 Å². The van der Waals surface area contributed by atoms with Crippen LogP contribution in [-0.2, 0) is 11.2 Å². The van der Waals surface area contributed by atoms with Crippen molar-refractivity contribution in [2.24, 2.45) is 0 Å². The number of aromatic nitrogens is 2. The van der Waals surface area contributed by atoms with Crippen molar-refractivity contribution in [2.75, 3.05) is 0 Å². The van der Waals surface area contributed by atoms with Crippen molar-refractivity contribution >= 4 is 5.97 Å². The molecule has 0 fully saturated rings. The summed E-state index contributed by atoms with van der Waals surface area (Å²) in [6.45, 7) is 4.00. The number of hydrogen-bond acceptors (Lipinski definition) is 2. The summed E-state index contributed by atoms with van der Waals surface area (Å²) >= 11 is 0. The number of hydrogen-bond donors (Lipinski definition) is 1. The second-order valence-corrected chi connectivity index (χ2v) is 6.08. The maximum absolute atomic E-state index is 11.8. The van der Waals surface area contributed by atoms with Gasteiger partial charge in [-0.1, -0.05) is 47.5 Å². The zero-order chi connectivity index (χ0) is 17.1. The van der Waals surface area contributed by atoms with Crippen LogP contribution in [0.25, 0.3) is 5.69 Å². The highest BCUT2D eigenvalue weighted by Crippen LogP contribution is 2.23. The zero-order valence-electron chi connectivity index (χ0n) is 13.8. The first-order valence-electron chi connectivity index (χ1n) is 7.94. The molecule has 3 aromatic rings. The number of aryl methyl sites for hydroxylation is 2. The summed E-state index contributed by atoms with van der Waals surface area (Å²) in [4.78, 5) is 11.8. The van der Waals surface area contributed by atoms with Gasteiger partial charge in [-0.05, 0) is 37.6 Å². The van der Waals surface area contributed by atoms with Crippen LogP contribution >= 0.6 is 0 Å². The second-order valence-electron chi connectivity index (χ2n) is 6.08. The number of carboxylic acid groups (broad SMARTS) is 1. The average molecular weight is 320 g/mol. The third-order valence-electron chi connectivity index (χ3n) is 4.16. The Bertz CT molecular complexity index is 850. The van der Waals surface area contributed by atoms with Gasteiger partial charge in [-0.3, -0.25) is 4.79 Å². The van der Waals surface area contributed by atoms with E-state index in [1.165, 1.54) is 5.56 Å². The summed E-state index contributed by atoms with van der Waals surface area (Å²) in [6, 6.07) is 17.6. The van der Waals surface area contributed by atoms with E-state index in [4.69, 9.17) is 0 Å². The Morgan fingerprint density at radius 2 is 1.83 bits per heavy atom. The van der Waals surface area contributed by atoms with Gasteiger partial charge in [-0.15, -0.1) is 0 Å². The molecule has 0 aliphatic carbocycles. The van der Waals surface area contributed by atoms with E-state index >= 15 is 0 Å². The van der Waals surface area contributed by atoms with E-state index < -0.39 is 11.9 Å². The van der Waals surface area contributed by atoms with Gasteiger partial charge in [0.05, 0.1) is 11.6 Å². The average Bonchev–Trinajstić information content (AvgIpc) is 3.01. The minimum atomic E-state index is -0.822. The highest BCUT2D eigenvalue weighted by Gasteiger charge is 2.22. The fourth-order valence-electron chi connectivity index (χ4n) is 2.85. The smallest absolute Gasteiger partial charge is 0.311 e. The van der Waals surface area contributed by atoms with E-state index in [9.17, 15) is 9.90 Å². The molecule has 1 N–H and O–H groups in total. The predicted molar refractivity (Wildman–Crippen MR) is 93.6 cm³/mol. The third-order valence-corrected chi connectivity index (χ3v) is 4.16. The zero-order valence-corrected chi connectivity index (χ0v) is 13.8. The number of aliphatic carboxylic acids is 1. The summed E-state index contributed by atoms with van der Waals surface area (Å²) in [6.07, 6.45) is 2.11. The van der Waals surface area contributed by atoms with Gasteiger partial charge < -0.3 is 5.11 Å². The molecule has 1 atom stereocenters. The van der Waals surface area contributed by atoms with Crippen LogP contribution in [0.1, 0.15) is 28.3 Å². The van der Waals surface area contributed by atoms with Gasteiger partial charge in [-0.2, -0.15) is 5.10 Å². The van der Waals surface area contributed by atoms with E-state index in [1.807, 2.05) is 73.1 Å². The fourth-order valence-corrected chi connectivity index (χ4v) is 2.85. The molecule has 0 bridgehead atoms. The van der Waals surface area contributed by atoms with Crippen molar-refractivity contribution in [3.8, 4) is 5.69 Å². The van der Waals surface area contributed by atoms with Crippen molar-refractivity contribution in [2.45, 2.75) is 26.2 Å². The van der Waals surface area contributed by atoms with E-state index in [-0.39, 0.29) is 0 Å². The van der Waals surface area contributed by atoms with E-state index in [0.717, 1.165) is 22.5 Å². The van der Waals surface area contributed by atoms with Crippen LogP contribution in [0.15, 0.2) is 60.8 Å². The fraction of sp³-hybridized carbons (Fsp3) is 0.200. The molecule has 24 heavy (non-hydrogen) atoms. The quantitative estimate of drug-likeness (QED) is 0.775. The van der Waals surface area contributed by atoms with E-state index in [1.54, 1.807) is 6.20 Å². The van der Waals surface area contributed by atoms with Crippen LogP contribution in [-0.4, -0.2) is 20.9 Å². The molecule has 0 saturated carbocycles. The van der Waals surface area contributed by atoms with Crippen LogP contribution in [0.4, 0.5) is 0 Å². The molecule has 1 heterocycles. The lowest BCUT2D eigenvalue weighted by Gasteiger charge is -2.15. The topological polar surface area (TPSA) is 55.1 Å². The molecule has 0 radical (unpaired) electrons. The number of rotatable bonds is 5. The van der Waals surface area contributed by atoms with Crippen LogP contribution in [0.2, 0.25) is 0 Å². The first-order chi connectivity index (χ1) is 11.5. The molecule has 4 heteroatoms. The Balaban J connectivity index is 1.93. The highest BCUT2D eigenvalue weighted by atomic mass is 16.4. The number of nitrogens with zero attached hydrogens (tertiary/aromatic N) is 2. The number of benzene rings is 2. The molecule has 1 aromatic heterocycles. The van der Waals surface area contributed by atoms with Crippen LogP contribution in [0.5, 0.6) is 0 Å². The maximum Gasteiger partial charge on any atom is 0.311 e. The lowest BCUT2D eigenvalue weighted by molar-refractivity contribution is -0.138. The Kier molecular flexibility index (Phi) is 4.47. The molecule has 0 saturated heterocycles. The van der Waals surface area contributed by atoms with Gasteiger partial charge in [0.1, 0.15) is 0 Å². The Morgan fingerprint density at radius 1 is 1.08 bits per heavy atom. The summed E-state index contributed by atoms with van der Waals surface area (Å²) in [5.41, 5.74) is 4.88. The second kappa shape index (κ2) is 6.71. The summed E-state index contributed by atoms with van der Waals surface area (Å²) < 4.78 is 1.81. The van der Waals surface area contributed by atoms with Crippen molar-refractivity contribution in [3.63, 3.8) is 0 Å². The molecular formula is C20H20N2O2. The molecule has 0 aliphatic heterocycles. The molecule has 122 valence electrons. The van der Waals surface area contributed by atoms with Gasteiger partial charge in [-0.25, -0.2) is 4.68 Å². The van der Waals surface area contributed by atoms with Crippen molar-refractivity contribution in [3.05, 3.63) is 83.2 Å². The van der Waals surface area contributed by atoms with Crippen molar-refractivity contribution < 1.29 is 9.90 Å². The standard InChI is InChI=1S/C20H20N2O2/c1-14-6-8-17(9-7-14)22-18(10-11-21-22)13-19(20(23)24)16-5-3-4-15(2)12-16/h3-12,19H,13H2,1-2H3,(H,23,24). The maximum atomic E-state index is 11.8. The Morgan fingerprint density at radius 3 is 2.50 bits per heavy atom. The molecule has 2 aromatic carbocycles. The van der Waals surface area contributed by atoms with Gasteiger partial charge >= 0.3 is 5.97 Å². The normalized spacial score (nSPS) is 12.1. The summed E-state index contributed by atoms with van der Waals surface area (Å²) in [7, 11) is 0. The van der Waals surface area contributed by atoms with E-state index in [2.05, 4.69) is 5.10 Å². The van der Waals surface area contributed by atoms with Gasteiger partial charge in [0, 0.05) is 18.3 Å². The monoisotopic (exact) mass is 320 g/mol. The molecule has 1 unspecified atom stereocenters. The van der Waals surface area contributed by atoms with Gasteiger partial charge in [0.25, 0.3) is 0 Å². The first-order valence-corrected chi connectivity index (χ1v) is 7.94. The molecule has 0 aliphatic rings. The largest absolute Gasteiger partial charge is 0.481 e. The molecule has 4 nitrogen and oxygen atoms in total. The van der Waals surface area contributed by atoms with Crippen LogP contribution < -0.4 is 0 Å². The minimum absolute atomic E-state index is 0.395. The molecule has 0 spiro atoms. The summed E-state index contributed by atoms with van der Waals surface area (Å²) in [5.74, 6) is -1.41. The molecule has 3 rings (SSSR count). The molecule has 0 amide bonds. The minimum Gasteiger partial charge on any atom is -0.481 e. The van der Waals surface area contributed by atoms with Crippen molar-refractivity contribution in [1.82, 2.24) is 9.78 Å². The Labute approximate surface area is 141 Å². The lowest BCUT2D eigenvalue weighted by Crippen LogP contribution is -2.16. The number of carbonyl (C=O) groups is 1.